The lowest BCUT2D eigenvalue weighted by Crippen LogP contribution is -2.10. The normalized spacial score (nSPS) is 11.1. The van der Waals surface area contributed by atoms with Crippen molar-refractivity contribution in [3.05, 3.63) is 70.8 Å². The molecule has 0 amide bonds. The van der Waals surface area contributed by atoms with Gasteiger partial charge in [-0.05, 0) is 31.2 Å². The fourth-order valence-corrected chi connectivity index (χ4v) is 3.47. The molecule has 0 aliphatic carbocycles. The van der Waals surface area contributed by atoms with Gasteiger partial charge in [-0.15, -0.1) is 0 Å². The van der Waals surface area contributed by atoms with Gasteiger partial charge in [0.15, 0.2) is 0 Å². The minimum atomic E-state index is -0.378. The number of nitrogens with one attached hydrogen (secondary N) is 1. The van der Waals surface area contributed by atoms with E-state index in [2.05, 4.69) is 27.9 Å². The van der Waals surface area contributed by atoms with E-state index in [1.807, 2.05) is 18.2 Å². The van der Waals surface area contributed by atoms with E-state index in [0.717, 1.165) is 40.9 Å². The van der Waals surface area contributed by atoms with Gasteiger partial charge < -0.3 is 9.88 Å². The molecule has 0 spiro atoms. The zero-order chi connectivity index (χ0) is 18.8. The standard InChI is InChI=1S/C20H19N5O2/c1-2-24-19-6-4-3-5-17(19)23-20(24)10-12-22-16-7-8-18(25(26)27)15-13-21-11-9-14(15)16/h3-9,11,13,22H,2,10,12H2,1H3. The van der Waals surface area contributed by atoms with Crippen LogP contribution in [0.5, 0.6) is 0 Å². The van der Waals surface area contributed by atoms with E-state index in [4.69, 9.17) is 4.98 Å². The lowest BCUT2D eigenvalue weighted by atomic mass is 10.1. The Morgan fingerprint density at radius 1 is 1.15 bits per heavy atom. The Bertz CT molecular complexity index is 1140. The highest BCUT2D eigenvalue weighted by Crippen LogP contribution is 2.30. The number of hydrogen-bond donors (Lipinski definition) is 1. The fourth-order valence-electron chi connectivity index (χ4n) is 3.47. The average Bonchev–Trinajstić information content (AvgIpc) is 3.05. The highest BCUT2D eigenvalue weighted by atomic mass is 16.6. The predicted octanol–water partition coefficient (Wildman–Crippen LogP) is 4.17. The first-order chi connectivity index (χ1) is 13.2. The lowest BCUT2D eigenvalue weighted by Gasteiger charge is -2.11. The number of pyridine rings is 1. The molecule has 0 unspecified atom stereocenters. The van der Waals surface area contributed by atoms with Gasteiger partial charge in [0.25, 0.3) is 5.69 Å². The van der Waals surface area contributed by atoms with Crippen molar-refractivity contribution in [2.24, 2.45) is 0 Å². The number of fused-ring (bicyclic) bond motifs is 2. The molecule has 0 atom stereocenters. The number of rotatable bonds is 6. The number of nitro groups is 1. The molecule has 7 nitrogen and oxygen atoms in total. The molecule has 27 heavy (non-hydrogen) atoms. The second kappa shape index (κ2) is 7.03. The van der Waals surface area contributed by atoms with Gasteiger partial charge in [-0.1, -0.05) is 12.1 Å². The predicted molar refractivity (Wildman–Crippen MR) is 106 cm³/mol. The van der Waals surface area contributed by atoms with Crippen molar-refractivity contribution < 1.29 is 4.92 Å². The Labute approximate surface area is 155 Å². The minimum absolute atomic E-state index is 0.0661. The number of non-ortho nitro benzene ring substituents is 1. The third-order valence-corrected chi connectivity index (χ3v) is 4.71. The maximum atomic E-state index is 11.2. The Morgan fingerprint density at radius 3 is 2.81 bits per heavy atom. The Kier molecular flexibility index (Phi) is 4.42. The van der Waals surface area contributed by atoms with Crippen LogP contribution in [0.1, 0.15) is 12.7 Å². The number of nitrogens with zero attached hydrogens (tertiary/aromatic N) is 4. The molecule has 0 aliphatic rings. The van der Waals surface area contributed by atoms with Crippen LogP contribution in [-0.2, 0) is 13.0 Å². The Hall–Kier alpha value is -3.48. The maximum Gasteiger partial charge on any atom is 0.278 e. The quantitative estimate of drug-likeness (QED) is 0.411. The van der Waals surface area contributed by atoms with Gasteiger partial charge in [-0.2, -0.15) is 0 Å². The number of imidazole rings is 1. The molecule has 0 aliphatic heterocycles. The summed E-state index contributed by atoms with van der Waals surface area (Å²) in [6.07, 6.45) is 3.94. The molecule has 4 rings (SSSR count). The second-order valence-electron chi connectivity index (χ2n) is 6.25. The number of para-hydroxylation sites is 2. The monoisotopic (exact) mass is 361 g/mol. The third-order valence-electron chi connectivity index (χ3n) is 4.71. The summed E-state index contributed by atoms with van der Waals surface area (Å²) in [5.41, 5.74) is 3.07. The van der Waals surface area contributed by atoms with Crippen LogP contribution in [0.3, 0.4) is 0 Å². The molecule has 0 saturated carbocycles. The highest BCUT2D eigenvalue weighted by molar-refractivity contribution is 5.99. The van der Waals surface area contributed by atoms with Gasteiger partial charge in [0.2, 0.25) is 0 Å². The first-order valence-electron chi connectivity index (χ1n) is 8.88. The largest absolute Gasteiger partial charge is 0.384 e. The highest BCUT2D eigenvalue weighted by Gasteiger charge is 2.14. The second-order valence-corrected chi connectivity index (χ2v) is 6.25. The molecular weight excluding hydrogens is 342 g/mol. The molecule has 2 heterocycles. The topological polar surface area (TPSA) is 85.9 Å². The van der Waals surface area contributed by atoms with Gasteiger partial charge in [-0.3, -0.25) is 15.1 Å². The van der Waals surface area contributed by atoms with Crippen molar-refractivity contribution in [1.29, 1.82) is 0 Å². The van der Waals surface area contributed by atoms with E-state index in [1.165, 1.54) is 12.3 Å². The summed E-state index contributed by atoms with van der Waals surface area (Å²) in [6, 6.07) is 13.2. The third kappa shape index (κ3) is 3.08. The van der Waals surface area contributed by atoms with E-state index in [9.17, 15) is 10.1 Å². The van der Waals surface area contributed by atoms with E-state index in [1.54, 1.807) is 18.3 Å². The van der Waals surface area contributed by atoms with Crippen LogP contribution < -0.4 is 5.32 Å². The van der Waals surface area contributed by atoms with E-state index in [0.29, 0.717) is 11.9 Å². The zero-order valence-corrected chi connectivity index (χ0v) is 14.9. The van der Waals surface area contributed by atoms with E-state index < -0.39 is 0 Å². The smallest absolute Gasteiger partial charge is 0.278 e. The zero-order valence-electron chi connectivity index (χ0n) is 14.9. The number of anilines is 1. The van der Waals surface area contributed by atoms with Crippen LogP contribution in [0, 0.1) is 10.1 Å². The van der Waals surface area contributed by atoms with Crippen LogP contribution in [0.15, 0.2) is 54.9 Å². The molecule has 0 radical (unpaired) electrons. The molecule has 136 valence electrons. The number of nitro benzene ring substituents is 1. The molecule has 4 aromatic rings. The van der Waals surface area contributed by atoms with Crippen LogP contribution in [-0.4, -0.2) is 26.0 Å². The molecule has 0 saturated heterocycles. The van der Waals surface area contributed by atoms with E-state index >= 15 is 0 Å². The van der Waals surface area contributed by atoms with Gasteiger partial charge in [0.05, 0.1) is 21.3 Å². The van der Waals surface area contributed by atoms with Crippen LogP contribution in [0.2, 0.25) is 0 Å². The first-order valence-corrected chi connectivity index (χ1v) is 8.88. The van der Waals surface area contributed by atoms with Crippen LogP contribution in [0.4, 0.5) is 11.4 Å². The van der Waals surface area contributed by atoms with Crippen molar-refractivity contribution >= 4 is 33.2 Å². The van der Waals surface area contributed by atoms with Gasteiger partial charge >= 0.3 is 0 Å². The summed E-state index contributed by atoms with van der Waals surface area (Å²) in [6.45, 7) is 3.66. The summed E-state index contributed by atoms with van der Waals surface area (Å²) in [4.78, 5) is 19.6. The van der Waals surface area contributed by atoms with Gasteiger partial charge in [0, 0.05) is 49.0 Å². The molecule has 7 heteroatoms. The average molecular weight is 361 g/mol. The summed E-state index contributed by atoms with van der Waals surface area (Å²) in [5, 5.41) is 16.0. The number of hydrogen-bond acceptors (Lipinski definition) is 5. The van der Waals surface area contributed by atoms with E-state index in [-0.39, 0.29) is 10.6 Å². The Morgan fingerprint density at radius 2 is 2.00 bits per heavy atom. The summed E-state index contributed by atoms with van der Waals surface area (Å²) < 4.78 is 2.22. The molecular formula is C20H19N5O2. The Balaban J connectivity index is 1.58. The molecule has 1 N–H and O–H groups in total. The van der Waals surface area contributed by atoms with Crippen molar-refractivity contribution in [2.75, 3.05) is 11.9 Å². The number of benzene rings is 2. The van der Waals surface area contributed by atoms with Crippen molar-refractivity contribution in [3.63, 3.8) is 0 Å². The summed E-state index contributed by atoms with van der Waals surface area (Å²) in [7, 11) is 0. The van der Waals surface area contributed by atoms with Gasteiger partial charge in [-0.25, -0.2) is 4.98 Å². The minimum Gasteiger partial charge on any atom is -0.384 e. The molecule has 0 fully saturated rings. The number of aromatic nitrogens is 3. The molecule has 0 bridgehead atoms. The first kappa shape index (κ1) is 17.0. The van der Waals surface area contributed by atoms with Crippen molar-refractivity contribution in [1.82, 2.24) is 14.5 Å². The number of aryl methyl sites for hydroxylation is 1. The van der Waals surface area contributed by atoms with Crippen molar-refractivity contribution in [3.8, 4) is 0 Å². The van der Waals surface area contributed by atoms with Crippen LogP contribution >= 0.6 is 0 Å². The van der Waals surface area contributed by atoms with Gasteiger partial charge in [0.1, 0.15) is 5.82 Å². The molecule has 2 aromatic heterocycles. The SMILES string of the molecule is CCn1c(CCNc2ccc([N+](=O)[O-])c3cnccc23)nc2ccccc21. The maximum absolute atomic E-state index is 11.2. The summed E-state index contributed by atoms with van der Waals surface area (Å²) in [5.74, 6) is 1.03. The fraction of sp³-hybridized carbons (Fsp3) is 0.200. The van der Waals surface area contributed by atoms with Crippen LogP contribution in [0.25, 0.3) is 21.8 Å². The lowest BCUT2D eigenvalue weighted by molar-refractivity contribution is -0.383. The summed E-state index contributed by atoms with van der Waals surface area (Å²) >= 11 is 0. The van der Waals surface area contributed by atoms with Crippen molar-refractivity contribution in [2.45, 2.75) is 19.9 Å². The molecule has 2 aromatic carbocycles.